The van der Waals surface area contributed by atoms with Crippen LogP contribution in [0.2, 0.25) is 5.02 Å². The average Bonchev–Trinajstić information content (AvgIpc) is 3.33. The fraction of sp³-hybridized carbons (Fsp3) is 0.588. The average molecular weight is 343 g/mol. The lowest BCUT2D eigenvalue weighted by atomic mass is 9.77. The summed E-state index contributed by atoms with van der Waals surface area (Å²) in [7, 11) is 0. The number of benzene rings is 1. The van der Waals surface area contributed by atoms with E-state index in [0.717, 1.165) is 31.2 Å². The molecule has 1 heterocycles. The Hall–Kier alpha value is -1.36. The van der Waals surface area contributed by atoms with Crippen LogP contribution in [-0.4, -0.2) is 23.9 Å². The number of nitrogens with zero attached hydrogens (tertiary/aromatic N) is 1. The van der Waals surface area contributed by atoms with Gasteiger partial charge in [-0.05, 0) is 43.4 Å². The van der Waals surface area contributed by atoms with Gasteiger partial charge in [-0.2, -0.15) is 0 Å². The largest absolute Gasteiger partial charge is 0.322 e. The van der Waals surface area contributed by atoms with Crippen LogP contribution in [0.15, 0.2) is 18.2 Å². The van der Waals surface area contributed by atoms with Crippen molar-refractivity contribution in [1.29, 1.82) is 0 Å². The first-order valence-corrected chi connectivity index (χ1v) is 8.53. The van der Waals surface area contributed by atoms with Crippen molar-refractivity contribution in [2.75, 3.05) is 11.9 Å². The highest BCUT2D eigenvalue weighted by molar-refractivity contribution is 6.30. The predicted molar refractivity (Wildman–Crippen MR) is 87.1 cm³/mol. The van der Waals surface area contributed by atoms with Gasteiger partial charge in [0.1, 0.15) is 0 Å². The third kappa shape index (κ3) is 2.91. The van der Waals surface area contributed by atoms with Crippen LogP contribution in [0.1, 0.15) is 44.6 Å². The molecular weight excluding hydrogens is 322 g/mol. The number of urea groups is 1. The van der Waals surface area contributed by atoms with E-state index < -0.39 is 24.5 Å². The number of anilines is 1. The molecule has 3 rings (SSSR count). The number of hydrogen-bond donors (Lipinski definition) is 1. The molecule has 126 valence electrons. The minimum atomic E-state index is -2.55. The Morgan fingerprint density at radius 1 is 1.43 bits per heavy atom. The Morgan fingerprint density at radius 3 is 2.78 bits per heavy atom. The maximum atomic E-state index is 13.1. The van der Waals surface area contributed by atoms with Crippen molar-refractivity contribution in [3.63, 3.8) is 0 Å². The van der Waals surface area contributed by atoms with Gasteiger partial charge in [0.15, 0.2) is 0 Å². The molecule has 1 aromatic carbocycles. The fourth-order valence-corrected chi connectivity index (χ4v) is 3.97. The molecular formula is C17H21ClF2N2O. The quantitative estimate of drug-likeness (QED) is 0.752. The van der Waals surface area contributed by atoms with Gasteiger partial charge in [0, 0.05) is 16.3 Å². The van der Waals surface area contributed by atoms with Gasteiger partial charge in [-0.25, -0.2) is 13.6 Å². The number of hydrogen-bond acceptors (Lipinski definition) is 1. The van der Waals surface area contributed by atoms with Crippen molar-refractivity contribution in [2.24, 2.45) is 5.92 Å². The zero-order chi connectivity index (χ0) is 16.6. The second kappa shape index (κ2) is 6.27. The van der Waals surface area contributed by atoms with Crippen LogP contribution in [0.4, 0.5) is 19.3 Å². The molecule has 0 radical (unpaired) electrons. The van der Waals surface area contributed by atoms with Crippen LogP contribution < -0.4 is 5.32 Å². The van der Waals surface area contributed by atoms with Crippen LogP contribution in [0, 0.1) is 5.92 Å². The van der Waals surface area contributed by atoms with E-state index in [1.165, 1.54) is 4.90 Å². The summed E-state index contributed by atoms with van der Waals surface area (Å²) < 4.78 is 26.3. The molecule has 1 aliphatic heterocycles. The van der Waals surface area contributed by atoms with Crippen LogP contribution in [-0.2, 0) is 5.54 Å². The maximum absolute atomic E-state index is 13.1. The van der Waals surface area contributed by atoms with Crippen LogP contribution >= 0.6 is 11.6 Å². The van der Waals surface area contributed by atoms with Crippen LogP contribution in [0.3, 0.4) is 0 Å². The summed E-state index contributed by atoms with van der Waals surface area (Å²) in [4.78, 5) is 13.9. The van der Waals surface area contributed by atoms with E-state index in [1.807, 2.05) is 6.07 Å². The molecule has 1 aliphatic carbocycles. The summed E-state index contributed by atoms with van der Waals surface area (Å²) in [5.41, 5.74) is 0.934. The molecule has 1 atom stereocenters. The number of alkyl halides is 2. The number of carbonyl (C=O) groups is 1. The van der Waals surface area contributed by atoms with Gasteiger partial charge in [-0.1, -0.05) is 31.4 Å². The highest BCUT2D eigenvalue weighted by atomic mass is 35.5. The minimum Gasteiger partial charge on any atom is -0.309 e. The molecule has 0 saturated heterocycles. The molecule has 3 nitrogen and oxygen atoms in total. The van der Waals surface area contributed by atoms with Crippen molar-refractivity contribution in [3.05, 3.63) is 28.8 Å². The van der Waals surface area contributed by atoms with E-state index in [0.29, 0.717) is 17.1 Å². The number of fused-ring (bicyclic) bond motifs is 1. The van der Waals surface area contributed by atoms with Crippen molar-refractivity contribution in [3.8, 4) is 0 Å². The third-order valence-corrected chi connectivity index (χ3v) is 5.14. The molecule has 1 aromatic rings. The molecule has 6 heteroatoms. The Labute approximate surface area is 140 Å². The lowest BCUT2D eigenvalue weighted by Crippen LogP contribution is -2.57. The zero-order valence-electron chi connectivity index (χ0n) is 13.1. The summed E-state index contributed by atoms with van der Waals surface area (Å²) in [6.45, 7) is 1.53. The summed E-state index contributed by atoms with van der Waals surface area (Å²) in [5.74, 6) is 0.232. The molecule has 0 spiro atoms. The van der Waals surface area contributed by atoms with Crippen LogP contribution in [0.5, 0.6) is 0 Å². The van der Waals surface area contributed by atoms with Crippen molar-refractivity contribution >= 4 is 23.3 Å². The molecule has 1 N–H and O–H groups in total. The second-order valence-electron chi connectivity index (χ2n) is 6.42. The van der Waals surface area contributed by atoms with Gasteiger partial charge in [0.2, 0.25) is 0 Å². The van der Waals surface area contributed by atoms with Crippen molar-refractivity contribution in [1.82, 2.24) is 4.90 Å². The summed E-state index contributed by atoms with van der Waals surface area (Å²) in [6.07, 6.45) is 1.90. The number of carbonyl (C=O) groups excluding carboxylic acids is 1. The minimum absolute atomic E-state index is 0.232. The van der Waals surface area contributed by atoms with Gasteiger partial charge in [0.05, 0.1) is 12.1 Å². The lowest BCUT2D eigenvalue weighted by Gasteiger charge is -2.49. The highest BCUT2D eigenvalue weighted by Crippen LogP contribution is 2.56. The van der Waals surface area contributed by atoms with Gasteiger partial charge >= 0.3 is 6.03 Å². The molecule has 2 amide bonds. The van der Waals surface area contributed by atoms with E-state index in [1.54, 1.807) is 12.1 Å². The van der Waals surface area contributed by atoms with Gasteiger partial charge in [-0.15, -0.1) is 0 Å². The Bertz CT molecular complexity index is 606. The normalized spacial score (nSPS) is 23.9. The molecule has 23 heavy (non-hydrogen) atoms. The predicted octanol–water partition coefficient (Wildman–Crippen LogP) is 5.25. The first kappa shape index (κ1) is 16.5. The SMILES string of the molecule is CCCCC1(C2CC2)c2cc(Cl)ccc2NC(=O)N1CC(F)F. The van der Waals surface area contributed by atoms with E-state index in [-0.39, 0.29) is 5.92 Å². The Balaban J connectivity index is 2.14. The maximum Gasteiger partial charge on any atom is 0.322 e. The number of rotatable bonds is 6. The molecule has 1 fully saturated rings. The van der Waals surface area contributed by atoms with Crippen LogP contribution in [0.25, 0.3) is 0 Å². The molecule has 0 bridgehead atoms. The van der Waals surface area contributed by atoms with Gasteiger partial charge in [0.25, 0.3) is 6.43 Å². The molecule has 2 aliphatic rings. The first-order valence-electron chi connectivity index (χ1n) is 8.16. The first-order chi connectivity index (χ1) is 11.0. The third-order valence-electron chi connectivity index (χ3n) is 4.90. The molecule has 1 unspecified atom stereocenters. The summed E-state index contributed by atoms with van der Waals surface area (Å²) >= 11 is 6.17. The second-order valence-corrected chi connectivity index (χ2v) is 6.86. The standard InChI is InChI=1S/C17H21ClF2N2O/c1-2-3-8-17(11-4-5-11)13-9-12(18)6-7-14(13)21-16(23)22(17)10-15(19)20/h6-7,9,11,15H,2-5,8,10H2,1H3,(H,21,23). The number of halogens is 3. The van der Waals surface area contributed by atoms with Gasteiger partial charge in [-0.3, -0.25) is 0 Å². The molecule has 0 aromatic heterocycles. The smallest absolute Gasteiger partial charge is 0.309 e. The van der Waals surface area contributed by atoms with Gasteiger partial charge < -0.3 is 10.2 Å². The molecule has 1 saturated carbocycles. The van der Waals surface area contributed by atoms with Crippen molar-refractivity contribution < 1.29 is 13.6 Å². The fourth-order valence-electron chi connectivity index (χ4n) is 3.80. The van der Waals surface area contributed by atoms with E-state index in [9.17, 15) is 13.6 Å². The summed E-state index contributed by atoms with van der Waals surface area (Å²) in [5, 5.41) is 3.32. The zero-order valence-corrected chi connectivity index (χ0v) is 13.9. The number of amides is 2. The van der Waals surface area contributed by atoms with E-state index in [2.05, 4.69) is 12.2 Å². The Morgan fingerprint density at radius 2 is 2.17 bits per heavy atom. The number of unbranched alkanes of at least 4 members (excludes halogenated alkanes) is 1. The summed E-state index contributed by atoms with van der Waals surface area (Å²) in [6, 6.07) is 4.91. The van der Waals surface area contributed by atoms with Crippen molar-refractivity contribution in [2.45, 2.75) is 51.0 Å². The number of nitrogens with one attached hydrogen (secondary N) is 1. The highest BCUT2D eigenvalue weighted by Gasteiger charge is 2.55. The van der Waals surface area contributed by atoms with E-state index >= 15 is 0 Å². The topological polar surface area (TPSA) is 32.3 Å². The lowest BCUT2D eigenvalue weighted by molar-refractivity contribution is 0.0262. The Kier molecular flexibility index (Phi) is 4.50. The monoisotopic (exact) mass is 342 g/mol. The van der Waals surface area contributed by atoms with E-state index in [4.69, 9.17) is 11.6 Å².